The smallest absolute Gasteiger partial charge is 0.203 e. The third-order valence-corrected chi connectivity index (χ3v) is 3.91. The third-order valence-electron chi connectivity index (χ3n) is 3.91. The fraction of sp³-hybridized carbons (Fsp3) is 0.769. The van der Waals surface area contributed by atoms with E-state index < -0.39 is 0 Å². The van der Waals surface area contributed by atoms with Crippen molar-refractivity contribution < 1.29 is 4.74 Å². The van der Waals surface area contributed by atoms with Crippen LogP contribution in [0.25, 0.3) is 0 Å². The highest BCUT2D eigenvalue weighted by molar-refractivity contribution is 5.27. The largest absolute Gasteiger partial charge is 0.383 e. The molecule has 2 heterocycles. The fourth-order valence-corrected chi connectivity index (χ4v) is 2.78. The van der Waals surface area contributed by atoms with Crippen molar-refractivity contribution in [2.24, 2.45) is 0 Å². The van der Waals surface area contributed by atoms with Crippen molar-refractivity contribution in [1.29, 1.82) is 0 Å². The van der Waals surface area contributed by atoms with Crippen LogP contribution in [-0.4, -0.2) is 53.8 Å². The number of nitrogens with zero attached hydrogens (tertiary/aromatic N) is 3. The van der Waals surface area contributed by atoms with E-state index in [0.717, 1.165) is 18.5 Å². The molecule has 1 aromatic rings. The van der Waals surface area contributed by atoms with Gasteiger partial charge in [-0.3, -0.25) is 4.90 Å². The first-order valence-corrected chi connectivity index (χ1v) is 6.88. The highest BCUT2D eigenvalue weighted by atomic mass is 16.5. The van der Waals surface area contributed by atoms with E-state index in [1.807, 2.05) is 6.20 Å². The minimum Gasteiger partial charge on any atom is -0.383 e. The van der Waals surface area contributed by atoms with Crippen molar-refractivity contribution in [2.75, 3.05) is 38.7 Å². The molecule has 5 heteroatoms. The maximum Gasteiger partial charge on any atom is 0.203 e. The molecule has 1 aliphatic heterocycles. The molecule has 0 spiro atoms. The van der Waals surface area contributed by atoms with Gasteiger partial charge in [-0.2, -0.15) is 0 Å². The number of ether oxygens (including phenoxy) is 1. The number of rotatable bonds is 6. The molecular weight excluding hydrogens is 228 g/mol. The summed E-state index contributed by atoms with van der Waals surface area (Å²) in [6, 6.07) is 1.46. The summed E-state index contributed by atoms with van der Waals surface area (Å²) >= 11 is 0. The molecule has 5 nitrogen and oxygen atoms in total. The summed E-state index contributed by atoms with van der Waals surface area (Å²) in [6.45, 7) is 3.95. The highest BCUT2D eigenvalue weighted by Crippen LogP contribution is 2.34. The van der Waals surface area contributed by atoms with Gasteiger partial charge in [0.2, 0.25) is 5.95 Å². The molecule has 1 saturated heterocycles. The van der Waals surface area contributed by atoms with Crippen LogP contribution in [0.1, 0.15) is 25.3 Å². The van der Waals surface area contributed by atoms with Crippen LogP contribution >= 0.6 is 0 Å². The number of hydrogen-bond acceptors (Lipinski definition) is 4. The van der Waals surface area contributed by atoms with Gasteiger partial charge >= 0.3 is 0 Å². The first-order valence-electron chi connectivity index (χ1n) is 6.88. The van der Waals surface area contributed by atoms with Crippen LogP contribution < -0.4 is 5.32 Å². The van der Waals surface area contributed by atoms with Gasteiger partial charge in [-0.1, -0.05) is 0 Å². The molecule has 2 aliphatic rings. The molecule has 2 fully saturated rings. The molecule has 18 heavy (non-hydrogen) atoms. The monoisotopic (exact) mass is 250 g/mol. The average molecular weight is 250 g/mol. The van der Waals surface area contributed by atoms with Crippen LogP contribution in [-0.2, 0) is 4.74 Å². The van der Waals surface area contributed by atoms with Gasteiger partial charge in [0.05, 0.1) is 12.6 Å². The normalized spacial score (nSPS) is 24.6. The maximum absolute atomic E-state index is 5.05. The summed E-state index contributed by atoms with van der Waals surface area (Å²) in [5.74, 6) is 0.981. The Morgan fingerprint density at radius 2 is 2.28 bits per heavy atom. The van der Waals surface area contributed by atoms with Gasteiger partial charge < -0.3 is 14.6 Å². The minimum atomic E-state index is 0.582. The van der Waals surface area contributed by atoms with E-state index in [2.05, 4.69) is 26.0 Å². The molecule has 1 N–H and O–H groups in total. The second-order valence-corrected chi connectivity index (χ2v) is 5.25. The van der Waals surface area contributed by atoms with Gasteiger partial charge in [0.25, 0.3) is 0 Å². The number of methoxy groups -OCH3 is 1. The summed E-state index contributed by atoms with van der Waals surface area (Å²) in [4.78, 5) is 7.02. The number of anilines is 1. The lowest BCUT2D eigenvalue weighted by Gasteiger charge is -2.17. The highest BCUT2D eigenvalue weighted by Gasteiger charge is 2.35. The molecule has 1 atom stereocenters. The molecule has 1 aliphatic carbocycles. The van der Waals surface area contributed by atoms with Crippen molar-refractivity contribution in [3.8, 4) is 0 Å². The second kappa shape index (κ2) is 5.28. The lowest BCUT2D eigenvalue weighted by molar-refractivity contribution is 0.210. The predicted molar refractivity (Wildman–Crippen MR) is 70.8 cm³/mol. The van der Waals surface area contributed by atoms with Crippen molar-refractivity contribution in [2.45, 2.75) is 31.3 Å². The summed E-state index contributed by atoms with van der Waals surface area (Å²) in [5.41, 5.74) is 0. The van der Waals surface area contributed by atoms with E-state index in [9.17, 15) is 0 Å². The van der Waals surface area contributed by atoms with E-state index in [-0.39, 0.29) is 0 Å². The van der Waals surface area contributed by atoms with Crippen molar-refractivity contribution >= 4 is 5.95 Å². The van der Waals surface area contributed by atoms with Gasteiger partial charge in [0.1, 0.15) is 0 Å². The Kier molecular flexibility index (Phi) is 3.52. The van der Waals surface area contributed by atoms with Crippen LogP contribution in [0.15, 0.2) is 12.4 Å². The van der Waals surface area contributed by atoms with Crippen LogP contribution in [0.4, 0.5) is 5.95 Å². The van der Waals surface area contributed by atoms with Gasteiger partial charge in [-0.05, 0) is 19.3 Å². The zero-order chi connectivity index (χ0) is 12.4. The third kappa shape index (κ3) is 2.52. The molecule has 3 rings (SSSR count). The zero-order valence-electron chi connectivity index (χ0n) is 11.0. The minimum absolute atomic E-state index is 0.582. The second-order valence-electron chi connectivity index (χ2n) is 5.25. The molecule has 0 radical (unpaired) electrons. The molecule has 0 bridgehead atoms. The Hall–Kier alpha value is -1.07. The van der Waals surface area contributed by atoms with Crippen molar-refractivity contribution in [3.63, 3.8) is 0 Å². The molecule has 100 valence electrons. The molecular formula is C13H22N4O. The number of imidazole rings is 1. The van der Waals surface area contributed by atoms with E-state index >= 15 is 0 Å². The van der Waals surface area contributed by atoms with E-state index in [1.165, 1.54) is 32.4 Å². The lowest BCUT2D eigenvalue weighted by Crippen LogP contribution is -2.24. The predicted octanol–water partition coefficient (Wildman–Crippen LogP) is 1.35. The molecule has 0 aromatic carbocycles. The lowest BCUT2D eigenvalue weighted by atomic mass is 10.2. The Morgan fingerprint density at radius 3 is 3.06 bits per heavy atom. The van der Waals surface area contributed by atoms with E-state index in [0.29, 0.717) is 12.6 Å². The number of hydrogen-bond donors (Lipinski definition) is 1. The van der Waals surface area contributed by atoms with Gasteiger partial charge in [-0.25, -0.2) is 4.98 Å². The number of nitrogens with one attached hydrogen (secondary N) is 1. The molecule has 1 aromatic heterocycles. The summed E-state index contributed by atoms with van der Waals surface area (Å²) in [7, 11) is 1.72. The van der Waals surface area contributed by atoms with Gasteiger partial charge in [0, 0.05) is 45.2 Å². The van der Waals surface area contributed by atoms with Crippen LogP contribution in [0, 0.1) is 0 Å². The average Bonchev–Trinajstić information content (AvgIpc) is 2.93. The van der Waals surface area contributed by atoms with E-state index in [4.69, 9.17) is 4.74 Å². The van der Waals surface area contributed by atoms with Crippen molar-refractivity contribution in [3.05, 3.63) is 12.4 Å². The molecule has 1 saturated carbocycles. The summed E-state index contributed by atoms with van der Waals surface area (Å²) in [5, 5.41) is 3.34. The quantitative estimate of drug-likeness (QED) is 0.774. The van der Waals surface area contributed by atoms with E-state index in [1.54, 1.807) is 7.11 Å². The number of likely N-dealkylation sites (tertiary alicyclic amines) is 1. The van der Waals surface area contributed by atoms with Gasteiger partial charge in [0.15, 0.2) is 0 Å². The Balaban J connectivity index is 1.59. The number of aromatic nitrogens is 2. The topological polar surface area (TPSA) is 42.3 Å². The SMILES string of the molecule is COCCNc1nccn1C1CCN(C2CC2)C1. The summed E-state index contributed by atoms with van der Waals surface area (Å²) in [6.07, 6.45) is 8.02. The van der Waals surface area contributed by atoms with Crippen LogP contribution in [0.5, 0.6) is 0 Å². The first-order chi connectivity index (χ1) is 8.88. The van der Waals surface area contributed by atoms with Gasteiger partial charge in [-0.15, -0.1) is 0 Å². The standard InChI is InChI=1S/C13H22N4O/c1-18-9-6-15-13-14-5-8-17(13)12-4-7-16(10-12)11-2-3-11/h5,8,11-12H,2-4,6-7,9-10H2,1H3,(H,14,15). The Bertz CT molecular complexity index is 388. The molecule has 1 unspecified atom stereocenters. The molecule has 0 amide bonds. The fourth-order valence-electron chi connectivity index (χ4n) is 2.78. The maximum atomic E-state index is 5.05. The van der Waals surface area contributed by atoms with Crippen LogP contribution in [0.2, 0.25) is 0 Å². The summed E-state index contributed by atoms with van der Waals surface area (Å²) < 4.78 is 7.34. The van der Waals surface area contributed by atoms with Crippen molar-refractivity contribution in [1.82, 2.24) is 14.5 Å². The Morgan fingerprint density at radius 1 is 1.39 bits per heavy atom. The first kappa shape index (κ1) is 12.0. The zero-order valence-corrected chi connectivity index (χ0v) is 11.0. The Labute approximate surface area is 108 Å². The van der Waals surface area contributed by atoms with Crippen LogP contribution in [0.3, 0.4) is 0 Å².